The third-order valence-electron chi connectivity index (χ3n) is 2.05. The highest BCUT2D eigenvalue weighted by Crippen LogP contribution is 2.27. The summed E-state index contributed by atoms with van der Waals surface area (Å²) in [5.41, 5.74) is -0.434. The number of halogens is 1. The molecule has 0 aromatic carbocycles. The fourth-order valence-electron chi connectivity index (χ4n) is 1.17. The van der Waals surface area contributed by atoms with Crippen molar-refractivity contribution < 1.29 is 15.1 Å². The minimum Gasteiger partial charge on any atom is -0.389 e. The van der Waals surface area contributed by atoms with Gasteiger partial charge in [-0.2, -0.15) is 5.26 Å². The Morgan fingerprint density at radius 1 is 1.65 bits per heavy atom. The van der Waals surface area contributed by atoms with Crippen LogP contribution < -0.4 is 0 Å². The lowest BCUT2D eigenvalue weighted by molar-refractivity contribution is -0.385. The van der Waals surface area contributed by atoms with Crippen LogP contribution in [0.25, 0.3) is 0 Å². The summed E-state index contributed by atoms with van der Waals surface area (Å²) >= 11 is 5.65. The van der Waals surface area contributed by atoms with Crippen molar-refractivity contribution in [1.82, 2.24) is 4.98 Å². The molecular formula is C9H8ClN3O4. The maximum Gasteiger partial charge on any atom is 0.288 e. The molecule has 0 aliphatic carbocycles. The normalized spacial score (nSPS) is 13.8. The zero-order chi connectivity index (χ0) is 13.0. The lowest BCUT2D eigenvalue weighted by Gasteiger charge is -2.15. The van der Waals surface area contributed by atoms with Gasteiger partial charge < -0.3 is 10.2 Å². The Morgan fingerprint density at radius 2 is 2.29 bits per heavy atom. The summed E-state index contributed by atoms with van der Waals surface area (Å²) in [6, 6.07) is 2.68. The first kappa shape index (κ1) is 13.3. The van der Waals surface area contributed by atoms with Crippen LogP contribution in [0.1, 0.15) is 18.1 Å². The third kappa shape index (κ3) is 3.10. The van der Waals surface area contributed by atoms with Crippen LogP contribution in [0.3, 0.4) is 0 Å². The zero-order valence-corrected chi connectivity index (χ0v) is 9.20. The van der Waals surface area contributed by atoms with Crippen molar-refractivity contribution >= 4 is 17.3 Å². The molecule has 1 heterocycles. The van der Waals surface area contributed by atoms with E-state index in [-0.39, 0.29) is 22.8 Å². The van der Waals surface area contributed by atoms with Crippen LogP contribution in [0.4, 0.5) is 5.69 Å². The van der Waals surface area contributed by atoms with E-state index >= 15 is 0 Å². The Bertz CT molecular complexity index is 474. The largest absolute Gasteiger partial charge is 0.389 e. The SMILES string of the molecule is N#CCC(O)C(O)c1cc([N+](=O)[O-])cnc1Cl. The minimum atomic E-state index is -1.49. The Labute approximate surface area is 101 Å². The molecular weight excluding hydrogens is 250 g/mol. The van der Waals surface area contributed by atoms with Gasteiger partial charge in [0.25, 0.3) is 5.69 Å². The lowest BCUT2D eigenvalue weighted by Crippen LogP contribution is -2.18. The maximum absolute atomic E-state index is 10.5. The van der Waals surface area contributed by atoms with Gasteiger partial charge in [-0.1, -0.05) is 11.6 Å². The second-order valence-corrected chi connectivity index (χ2v) is 3.56. The highest BCUT2D eigenvalue weighted by Gasteiger charge is 2.23. The summed E-state index contributed by atoms with van der Waals surface area (Å²) in [6.45, 7) is 0. The van der Waals surface area contributed by atoms with Crippen LogP contribution in [0.2, 0.25) is 5.15 Å². The van der Waals surface area contributed by atoms with Crippen LogP contribution in [0.15, 0.2) is 12.3 Å². The standard InChI is InChI=1S/C9H8ClN3O4/c10-9-6(8(15)7(14)1-2-11)3-5(4-12-9)13(16)17/h3-4,7-8,14-15H,1H2. The Morgan fingerprint density at radius 3 is 2.82 bits per heavy atom. The summed E-state index contributed by atoms with van der Waals surface area (Å²) in [4.78, 5) is 13.3. The number of hydrogen-bond donors (Lipinski definition) is 2. The molecule has 0 aliphatic rings. The van der Waals surface area contributed by atoms with Crippen molar-refractivity contribution in [2.45, 2.75) is 18.6 Å². The van der Waals surface area contributed by atoms with Gasteiger partial charge in [-0.05, 0) is 0 Å². The van der Waals surface area contributed by atoms with Gasteiger partial charge in [0.1, 0.15) is 17.5 Å². The fourth-order valence-corrected chi connectivity index (χ4v) is 1.39. The lowest BCUT2D eigenvalue weighted by atomic mass is 10.0. The average molecular weight is 258 g/mol. The summed E-state index contributed by atoms with van der Waals surface area (Å²) in [5.74, 6) is 0. The summed E-state index contributed by atoms with van der Waals surface area (Å²) < 4.78 is 0. The van der Waals surface area contributed by atoms with Gasteiger partial charge in [-0.25, -0.2) is 4.98 Å². The van der Waals surface area contributed by atoms with Crippen LogP contribution in [0.5, 0.6) is 0 Å². The topological polar surface area (TPSA) is 120 Å². The smallest absolute Gasteiger partial charge is 0.288 e. The van der Waals surface area contributed by atoms with Gasteiger partial charge in [0.2, 0.25) is 0 Å². The van der Waals surface area contributed by atoms with Crippen molar-refractivity contribution in [3.05, 3.63) is 33.1 Å². The van der Waals surface area contributed by atoms with E-state index in [9.17, 15) is 20.3 Å². The van der Waals surface area contributed by atoms with Crippen molar-refractivity contribution in [3.8, 4) is 6.07 Å². The molecule has 7 nitrogen and oxygen atoms in total. The number of aliphatic hydroxyl groups is 2. The monoisotopic (exact) mass is 257 g/mol. The first-order valence-corrected chi connectivity index (χ1v) is 4.88. The zero-order valence-electron chi connectivity index (χ0n) is 8.45. The molecule has 2 N–H and O–H groups in total. The van der Waals surface area contributed by atoms with E-state index < -0.39 is 17.1 Å². The maximum atomic E-state index is 10.5. The summed E-state index contributed by atoms with van der Waals surface area (Å²) in [5, 5.41) is 37.8. The van der Waals surface area contributed by atoms with Gasteiger partial charge in [0, 0.05) is 11.6 Å². The van der Waals surface area contributed by atoms with E-state index in [4.69, 9.17) is 16.9 Å². The molecule has 2 unspecified atom stereocenters. The van der Waals surface area contributed by atoms with E-state index in [1.54, 1.807) is 6.07 Å². The molecule has 2 atom stereocenters. The quantitative estimate of drug-likeness (QED) is 0.471. The summed E-state index contributed by atoms with van der Waals surface area (Å²) in [6.07, 6.45) is -2.24. The Balaban J connectivity index is 3.08. The van der Waals surface area contributed by atoms with Gasteiger partial charge in [0.05, 0.1) is 23.5 Å². The fraction of sp³-hybridized carbons (Fsp3) is 0.333. The van der Waals surface area contributed by atoms with E-state index in [0.717, 1.165) is 12.3 Å². The van der Waals surface area contributed by atoms with Crippen molar-refractivity contribution in [2.75, 3.05) is 0 Å². The number of nitrogens with zero attached hydrogens (tertiary/aromatic N) is 3. The molecule has 0 radical (unpaired) electrons. The predicted octanol–water partition coefficient (Wildman–Crippen LogP) is 0.951. The first-order chi connectivity index (χ1) is 7.97. The van der Waals surface area contributed by atoms with E-state index in [1.807, 2.05) is 0 Å². The highest BCUT2D eigenvalue weighted by molar-refractivity contribution is 6.30. The van der Waals surface area contributed by atoms with Crippen LogP contribution in [-0.4, -0.2) is 26.2 Å². The number of rotatable bonds is 4. The van der Waals surface area contributed by atoms with Crippen LogP contribution in [-0.2, 0) is 0 Å². The van der Waals surface area contributed by atoms with Gasteiger partial charge in [-0.3, -0.25) is 10.1 Å². The van der Waals surface area contributed by atoms with E-state index in [1.165, 1.54) is 0 Å². The van der Waals surface area contributed by atoms with E-state index in [0.29, 0.717) is 0 Å². The first-order valence-electron chi connectivity index (χ1n) is 4.50. The van der Waals surface area contributed by atoms with Crippen molar-refractivity contribution in [2.24, 2.45) is 0 Å². The molecule has 8 heteroatoms. The average Bonchev–Trinajstić information content (AvgIpc) is 2.28. The number of nitriles is 1. The molecule has 17 heavy (non-hydrogen) atoms. The summed E-state index contributed by atoms with van der Waals surface area (Å²) in [7, 11) is 0. The Hall–Kier alpha value is -1.75. The molecule has 1 aromatic rings. The molecule has 90 valence electrons. The Kier molecular flexibility index (Phi) is 4.34. The van der Waals surface area contributed by atoms with Crippen LogP contribution in [0, 0.1) is 21.4 Å². The molecule has 0 aliphatic heterocycles. The molecule has 0 saturated carbocycles. The van der Waals surface area contributed by atoms with Crippen molar-refractivity contribution in [1.29, 1.82) is 5.26 Å². The minimum absolute atomic E-state index is 0.0800. The van der Waals surface area contributed by atoms with Gasteiger partial charge in [-0.15, -0.1) is 0 Å². The number of pyridine rings is 1. The van der Waals surface area contributed by atoms with Crippen LogP contribution >= 0.6 is 11.6 Å². The molecule has 0 amide bonds. The molecule has 0 spiro atoms. The number of nitro groups is 1. The second-order valence-electron chi connectivity index (χ2n) is 3.21. The number of aliphatic hydroxyl groups excluding tert-OH is 2. The second kappa shape index (κ2) is 5.54. The molecule has 0 bridgehead atoms. The van der Waals surface area contributed by atoms with Crippen molar-refractivity contribution in [3.63, 3.8) is 0 Å². The number of aromatic nitrogens is 1. The van der Waals surface area contributed by atoms with Gasteiger partial charge >= 0.3 is 0 Å². The molecule has 1 rings (SSSR count). The number of hydrogen-bond acceptors (Lipinski definition) is 6. The predicted molar refractivity (Wildman–Crippen MR) is 57.1 cm³/mol. The highest BCUT2D eigenvalue weighted by atomic mass is 35.5. The van der Waals surface area contributed by atoms with Gasteiger partial charge in [0.15, 0.2) is 0 Å². The van der Waals surface area contributed by atoms with E-state index in [2.05, 4.69) is 4.98 Å². The third-order valence-corrected chi connectivity index (χ3v) is 2.36. The molecule has 0 fully saturated rings. The molecule has 1 aromatic heterocycles. The molecule has 0 saturated heterocycles.